The molecule has 0 aromatic heterocycles. The van der Waals surface area contributed by atoms with E-state index < -0.39 is 0 Å². The molecule has 1 aliphatic rings. The van der Waals surface area contributed by atoms with E-state index in [1.54, 1.807) is 0 Å². The first kappa shape index (κ1) is 15.6. The number of rotatable bonds is 2. The smallest absolute Gasteiger partial charge is 0.0502 e. The van der Waals surface area contributed by atoms with Crippen LogP contribution in [0.15, 0.2) is 72.8 Å². The van der Waals surface area contributed by atoms with Crippen LogP contribution in [0.1, 0.15) is 43.5 Å². The van der Waals surface area contributed by atoms with Crippen molar-refractivity contribution >= 4 is 0 Å². The first-order valence-corrected chi connectivity index (χ1v) is 8.13. The van der Waals surface area contributed by atoms with Gasteiger partial charge in [-0.25, -0.2) is 0 Å². The first-order valence-electron chi connectivity index (χ1n) is 8.13. The summed E-state index contributed by atoms with van der Waals surface area (Å²) >= 11 is 0. The van der Waals surface area contributed by atoms with Crippen LogP contribution in [0.2, 0.25) is 0 Å². The summed E-state index contributed by atoms with van der Waals surface area (Å²) in [5.74, 6) is 6.71. The molecule has 0 saturated carbocycles. The average molecular weight is 301 g/mol. The minimum atomic E-state index is -0.110. The van der Waals surface area contributed by atoms with Gasteiger partial charge in [-0.15, -0.1) is 0 Å². The van der Waals surface area contributed by atoms with Gasteiger partial charge in [0.1, 0.15) is 0 Å². The van der Waals surface area contributed by atoms with E-state index in [0.29, 0.717) is 6.04 Å². The zero-order valence-electron chi connectivity index (χ0n) is 13.8. The molecule has 1 heteroatoms. The Hall–Kier alpha value is -2.30. The first-order chi connectivity index (χ1) is 11.1. The zero-order valence-corrected chi connectivity index (χ0v) is 13.8. The molecule has 116 valence electrons. The Morgan fingerprint density at radius 1 is 1.04 bits per heavy atom. The normalized spacial score (nSPS) is 26.3. The fourth-order valence-electron chi connectivity index (χ4n) is 3.37. The van der Waals surface area contributed by atoms with Crippen molar-refractivity contribution in [2.75, 3.05) is 0 Å². The van der Waals surface area contributed by atoms with Gasteiger partial charge in [0, 0.05) is 12.1 Å². The molecule has 3 rings (SSSR count). The second-order valence-electron chi connectivity index (χ2n) is 6.63. The molecule has 0 spiro atoms. The van der Waals surface area contributed by atoms with Crippen molar-refractivity contribution in [1.29, 1.82) is 0 Å². The fourth-order valence-corrected chi connectivity index (χ4v) is 3.37. The number of hydrogen-bond donors (Lipinski definition) is 1. The molecule has 0 bridgehead atoms. The van der Waals surface area contributed by atoms with Gasteiger partial charge in [-0.05, 0) is 37.0 Å². The van der Waals surface area contributed by atoms with Crippen LogP contribution < -0.4 is 5.32 Å². The van der Waals surface area contributed by atoms with Crippen LogP contribution in [0.25, 0.3) is 0 Å². The zero-order chi connectivity index (χ0) is 16.3. The molecule has 1 N–H and O–H groups in total. The fraction of sp³-hybridized carbons (Fsp3) is 0.273. The Bertz CT molecular complexity index is 736. The third kappa shape index (κ3) is 3.38. The maximum absolute atomic E-state index is 3.93. The molecule has 2 aromatic rings. The van der Waals surface area contributed by atoms with Crippen molar-refractivity contribution in [3.8, 4) is 11.8 Å². The molecule has 1 heterocycles. The molecular weight excluding hydrogens is 278 g/mol. The Morgan fingerprint density at radius 3 is 2.17 bits per heavy atom. The second-order valence-corrected chi connectivity index (χ2v) is 6.63. The molecule has 1 fully saturated rings. The summed E-state index contributed by atoms with van der Waals surface area (Å²) in [5.41, 5.74) is 3.43. The van der Waals surface area contributed by atoms with E-state index >= 15 is 0 Å². The summed E-state index contributed by atoms with van der Waals surface area (Å²) in [5, 5.41) is 3.81. The lowest BCUT2D eigenvalue weighted by Gasteiger charge is -2.26. The van der Waals surface area contributed by atoms with Crippen LogP contribution in [0, 0.1) is 17.3 Å². The van der Waals surface area contributed by atoms with Gasteiger partial charge in [0.25, 0.3) is 0 Å². The lowest BCUT2D eigenvalue weighted by Crippen LogP contribution is -2.25. The van der Waals surface area contributed by atoms with Crippen molar-refractivity contribution in [1.82, 2.24) is 5.32 Å². The van der Waals surface area contributed by atoms with Gasteiger partial charge < -0.3 is 5.32 Å². The highest BCUT2D eigenvalue weighted by Gasteiger charge is 2.43. The lowest BCUT2D eigenvalue weighted by atomic mass is 9.78. The lowest BCUT2D eigenvalue weighted by molar-refractivity contribution is 0.391. The van der Waals surface area contributed by atoms with Crippen LogP contribution in [-0.4, -0.2) is 0 Å². The monoisotopic (exact) mass is 301 g/mol. The second kappa shape index (κ2) is 6.44. The van der Waals surface area contributed by atoms with E-state index in [1.807, 2.05) is 6.92 Å². The molecule has 3 unspecified atom stereocenters. The highest BCUT2D eigenvalue weighted by molar-refractivity contribution is 5.35. The largest absolute Gasteiger partial charge is 0.302 e. The number of hydrogen-bond acceptors (Lipinski definition) is 1. The van der Waals surface area contributed by atoms with E-state index in [0.717, 1.165) is 12.0 Å². The van der Waals surface area contributed by atoms with Crippen molar-refractivity contribution < 1.29 is 0 Å². The average Bonchev–Trinajstić information content (AvgIpc) is 2.93. The van der Waals surface area contributed by atoms with Gasteiger partial charge in [0.2, 0.25) is 0 Å². The summed E-state index contributed by atoms with van der Waals surface area (Å²) in [4.78, 5) is 0. The Kier molecular flexibility index (Phi) is 4.37. The van der Waals surface area contributed by atoms with E-state index in [-0.39, 0.29) is 11.5 Å². The molecule has 0 aliphatic carbocycles. The maximum Gasteiger partial charge on any atom is 0.0502 e. The standard InChI is InChI=1S/C22H23N/c1-17(2)14-15-22(3)16-20(18-10-6-4-7-11-18)23-21(22)19-12-8-5-9-13-19/h4-13,20-21,23H,1,16H2,2-3H3. The van der Waals surface area contributed by atoms with E-state index in [1.165, 1.54) is 11.1 Å². The topological polar surface area (TPSA) is 12.0 Å². The Balaban J connectivity index is 1.98. The van der Waals surface area contributed by atoms with Crippen LogP contribution in [-0.2, 0) is 0 Å². The SMILES string of the molecule is C=C(C)C#CC1(C)CC(c2ccccc2)NC1c1ccccc1. The molecule has 0 amide bonds. The van der Waals surface area contributed by atoms with Crippen LogP contribution in [0.3, 0.4) is 0 Å². The van der Waals surface area contributed by atoms with Crippen LogP contribution in [0.4, 0.5) is 0 Å². The minimum Gasteiger partial charge on any atom is -0.302 e. The van der Waals surface area contributed by atoms with Crippen molar-refractivity contribution in [2.24, 2.45) is 5.41 Å². The van der Waals surface area contributed by atoms with Crippen molar-refractivity contribution in [3.05, 3.63) is 83.9 Å². The third-order valence-corrected chi connectivity index (χ3v) is 4.53. The number of benzene rings is 2. The molecule has 1 aliphatic heterocycles. The van der Waals surface area contributed by atoms with Crippen molar-refractivity contribution in [2.45, 2.75) is 32.4 Å². The molecular formula is C22H23N. The Morgan fingerprint density at radius 2 is 1.61 bits per heavy atom. The molecule has 0 radical (unpaired) electrons. The van der Waals surface area contributed by atoms with E-state index in [4.69, 9.17) is 0 Å². The van der Waals surface area contributed by atoms with Gasteiger partial charge in [0.15, 0.2) is 0 Å². The van der Waals surface area contributed by atoms with Gasteiger partial charge in [-0.2, -0.15) is 0 Å². The van der Waals surface area contributed by atoms with Crippen LogP contribution in [0.5, 0.6) is 0 Å². The quantitative estimate of drug-likeness (QED) is 0.766. The van der Waals surface area contributed by atoms with Crippen molar-refractivity contribution in [3.63, 3.8) is 0 Å². The predicted octanol–water partition coefficient (Wildman–Crippen LogP) is 5.05. The highest BCUT2D eigenvalue weighted by atomic mass is 15.0. The highest BCUT2D eigenvalue weighted by Crippen LogP contribution is 2.48. The van der Waals surface area contributed by atoms with E-state index in [9.17, 15) is 0 Å². The van der Waals surface area contributed by atoms with Gasteiger partial charge in [0.05, 0.1) is 5.41 Å². The third-order valence-electron chi connectivity index (χ3n) is 4.53. The predicted molar refractivity (Wildman–Crippen MR) is 96.8 cm³/mol. The Labute approximate surface area is 139 Å². The summed E-state index contributed by atoms with van der Waals surface area (Å²) < 4.78 is 0. The molecule has 3 atom stereocenters. The van der Waals surface area contributed by atoms with Gasteiger partial charge in [-0.3, -0.25) is 0 Å². The summed E-state index contributed by atoms with van der Waals surface area (Å²) in [6.45, 7) is 8.15. The maximum atomic E-state index is 3.93. The molecule has 1 saturated heterocycles. The molecule has 23 heavy (non-hydrogen) atoms. The van der Waals surface area contributed by atoms with Gasteiger partial charge >= 0.3 is 0 Å². The summed E-state index contributed by atoms with van der Waals surface area (Å²) in [6.07, 6.45) is 0.997. The molecule has 1 nitrogen and oxygen atoms in total. The van der Waals surface area contributed by atoms with E-state index in [2.05, 4.69) is 91.3 Å². The number of nitrogens with one attached hydrogen (secondary N) is 1. The summed E-state index contributed by atoms with van der Waals surface area (Å²) in [7, 11) is 0. The van der Waals surface area contributed by atoms with Crippen LogP contribution >= 0.6 is 0 Å². The molecule has 2 aromatic carbocycles. The summed E-state index contributed by atoms with van der Waals surface area (Å²) in [6, 6.07) is 21.8. The number of allylic oxidation sites excluding steroid dienone is 1. The minimum absolute atomic E-state index is 0.110. The van der Waals surface area contributed by atoms with Gasteiger partial charge in [-0.1, -0.05) is 79.1 Å².